The van der Waals surface area contributed by atoms with Crippen LogP contribution in [0, 0.1) is 12.8 Å². The number of hydrogen-bond acceptors (Lipinski definition) is 4. The summed E-state index contributed by atoms with van der Waals surface area (Å²) >= 11 is 0. The van der Waals surface area contributed by atoms with Gasteiger partial charge in [-0.05, 0) is 32.6 Å². The highest BCUT2D eigenvalue weighted by atomic mass is 32.2. The van der Waals surface area contributed by atoms with E-state index in [-0.39, 0.29) is 4.90 Å². The first-order valence-electron chi connectivity index (χ1n) is 6.03. The Kier molecular flexibility index (Phi) is 3.25. The van der Waals surface area contributed by atoms with Crippen molar-refractivity contribution in [1.29, 1.82) is 0 Å². The zero-order chi connectivity index (χ0) is 13.6. The fraction of sp³-hybridized carbons (Fsp3) is 0.727. The van der Waals surface area contributed by atoms with E-state index >= 15 is 0 Å². The second kappa shape index (κ2) is 4.32. The lowest BCUT2D eigenvalue weighted by atomic mass is 9.98. The Hall–Kier alpha value is -0.920. The maximum absolute atomic E-state index is 12.4. The number of hydrogen-bond donors (Lipinski definition) is 2. The Labute approximate surface area is 108 Å². The predicted molar refractivity (Wildman–Crippen MR) is 68.4 cm³/mol. The molecule has 6 nitrogen and oxygen atoms in total. The molecule has 18 heavy (non-hydrogen) atoms. The number of aromatic nitrogens is 2. The molecule has 0 bridgehead atoms. The fourth-order valence-electron chi connectivity index (χ4n) is 2.12. The first-order chi connectivity index (χ1) is 8.30. The molecule has 1 atom stereocenters. The summed E-state index contributed by atoms with van der Waals surface area (Å²) in [5.74, 6) is 0.342. The van der Waals surface area contributed by atoms with Gasteiger partial charge >= 0.3 is 0 Å². The molecule has 0 amide bonds. The quantitative estimate of drug-likeness (QED) is 0.797. The zero-order valence-electron chi connectivity index (χ0n) is 11.0. The van der Waals surface area contributed by atoms with Crippen LogP contribution < -0.4 is 10.5 Å². The number of nitrogens with zero attached hydrogens (tertiary/aromatic N) is 2. The number of sulfonamides is 1. The van der Waals surface area contributed by atoms with Crippen LogP contribution in [0.4, 0.5) is 0 Å². The van der Waals surface area contributed by atoms with Gasteiger partial charge in [-0.1, -0.05) is 0 Å². The van der Waals surface area contributed by atoms with Gasteiger partial charge in [0.05, 0.1) is 11.9 Å². The van der Waals surface area contributed by atoms with Crippen molar-refractivity contribution in [1.82, 2.24) is 14.5 Å². The minimum absolute atomic E-state index is 0.227. The van der Waals surface area contributed by atoms with E-state index in [0.29, 0.717) is 18.2 Å². The topological polar surface area (TPSA) is 90.0 Å². The van der Waals surface area contributed by atoms with Crippen LogP contribution in [0.3, 0.4) is 0 Å². The first-order valence-corrected chi connectivity index (χ1v) is 7.51. The lowest BCUT2D eigenvalue weighted by Crippen LogP contribution is -2.53. The number of aryl methyl sites for hydroxylation is 1. The molecule has 102 valence electrons. The van der Waals surface area contributed by atoms with Crippen molar-refractivity contribution in [2.24, 2.45) is 18.7 Å². The van der Waals surface area contributed by atoms with Crippen molar-refractivity contribution in [2.75, 3.05) is 6.54 Å². The minimum Gasteiger partial charge on any atom is -0.329 e. The third-order valence-corrected chi connectivity index (χ3v) is 5.46. The Bertz CT molecular complexity index is 547. The van der Waals surface area contributed by atoms with Crippen molar-refractivity contribution < 1.29 is 8.42 Å². The van der Waals surface area contributed by atoms with E-state index in [4.69, 9.17) is 5.73 Å². The second-order valence-corrected chi connectivity index (χ2v) is 6.87. The van der Waals surface area contributed by atoms with E-state index in [1.807, 2.05) is 6.92 Å². The van der Waals surface area contributed by atoms with Gasteiger partial charge in [0.1, 0.15) is 4.90 Å². The predicted octanol–water partition coefficient (Wildman–Crippen LogP) is 0.134. The molecule has 1 aliphatic carbocycles. The normalized spacial score (nSPS) is 19.8. The summed E-state index contributed by atoms with van der Waals surface area (Å²) in [5, 5.41) is 3.97. The van der Waals surface area contributed by atoms with Crippen LogP contribution in [0.25, 0.3) is 0 Å². The van der Waals surface area contributed by atoms with Gasteiger partial charge in [0.2, 0.25) is 10.0 Å². The van der Waals surface area contributed by atoms with Crippen molar-refractivity contribution in [3.05, 3.63) is 11.9 Å². The van der Waals surface area contributed by atoms with Crippen molar-refractivity contribution in [2.45, 2.75) is 37.1 Å². The van der Waals surface area contributed by atoms with Crippen molar-refractivity contribution >= 4 is 10.0 Å². The Morgan fingerprint density at radius 3 is 2.61 bits per heavy atom. The smallest absolute Gasteiger partial charge is 0.244 e. The highest BCUT2D eigenvalue weighted by molar-refractivity contribution is 7.89. The molecule has 1 unspecified atom stereocenters. The molecule has 1 heterocycles. The SMILES string of the molecule is Cc1c(S(=O)(=O)NC(C)(CN)C2CC2)cnn1C. The van der Waals surface area contributed by atoms with E-state index in [9.17, 15) is 8.42 Å². The maximum Gasteiger partial charge on any atom is 0.244 e. The van der Waals surface area contributed by atoms with E-state index in [1.54, 1.807) is 18.7 Å². The van der Waals surface area contributed by atoms with E-state index in [1.165, 1.54) is 6.20 Å². The minimum atomic E-state index is -3.56. The fourth-order valence-corrected chi connectivity index (χ4v) is 3.80. The van der Waals surface area contributed by atoms with Crippen LogP contribution in [-0.4, -0.2) is 30.3 Å². The van der Waals surface area contributed by atoms with Crippen molar-refractivity contribution in [3.8, 4) is 0 Å². The monoisotopic (exact) mass is 272 g/mol. The number of rotatable bonds is 5. The molecule has 0 aliphatic heterocycles. The molecular formula is C11H20N4O2S. The lowest BCUT2D eigenvalue weighted by molar-refractivity contribution is 0.374. The first kappa shape index (κ1) is 13.5. The molecule has 0 aromatic carbocycles. The molecule has 7 heteroatoms. The summed E-state index contributed by atoms with van der Waals surface area (Å²) < 4.78 is 29.0. The van der Waals surface area contributed by atoms with Crippen LogP contribution in [0.5, 0.6) is 0 Å². The van der Waals surface area contributed by atoms with Gasteiger partial charge < -0.3 is 5.73 Å². The summed E-state index contributed by atoms with van der Waals surface area (Å²) in [7, 11) is -1.84. The van der Waals surface area contributed by atoms with Crippen LogP contribution in [-0.2, 0) is 17.1 Å². The molecule has 0 saturated heterocycles. The molecule has 1 fully saturated rings. The summed E-state index contributed by atoms with van der Waals surface area (Å²) in [6, 6.07) is 0. The average molecular weight is 272 g/mol. The molecule has 1 aromatic rings. The standard InChI is InChI=1S/C11H20N4O2S/c1-8-10(6-13-15(8)3)18(16,17)14-11(2,7-12)9-4-5-9/h6,9,14H,4-5,7,12H2,1-3H3. The largest absolute Gasteiger partial charge is 0.329 e. The van der Waals surface area contributed by atoms with Gasteiger partial charge in [-0.25, -0.2) is 13.1 Å². The number of nitrogens with two attached hydrogens (primary N) is 1. The molecular weight excluding hydrogens is 252 g/mol. The molecule has 1 aliphatic rings. The maximum atomic E-state index is 12.4. The van der Waals surface area contributed by atoms with Crippen LogP contribution in [0.1, 0.15) is 25.5 Å². The van der Waals surface area contributed by atoms with Gasteiger partial charge in [0, 0.05) is 19.1 Å². The van der Waals surface area contributed by atoms with Gasteiger partial charge in [0.15, 0.2) is 0 Å². The van der Waals surface area contributed by atoms with E-state index < -0.39 is 15.6 Å². The molecule has 0 radical (unpaired) electrons. The molecule has 0 spiro atoms. The molecule has 1 aromatic heterocycles. The number of nitrogens with one attached hydrogen (secondary N) is 1. The average Bonchev–Trinajstić information content (AvgIpc) is 3.07. The Morgan fingerprint density at radius 1 is 1.61 bits per heavy atom. The van der Waals surface area contributed by atoms with E-state index in [0.717, 1.165) is 12.8 Å². The summed E-state index contributed by atoms with van der Waals surface area (Å²) in [6.07, 6.45) is 3.44. The van der Waals surface area contributed by atoms with Gasteiger partial charge in [-0.3, -0.25) is 4.68 Å². The van der Waals surface area contributed by atoms with Crippen LogP contribution in [0.15, 0.2) is 11.1 Å². The second-order valence-electron chi connectivity index (χ2n) is 5.22. The van der Waals surface area contributed by atoms with E-state index in [2.05, 4.69) is 9.82 Å². The highest BCUT2D eigenvalue weighted by Gasteiger charge is 2.43. The van der Waals surface area contributed by atoms with Gasteiger partial charge in [-0.2, -0.15) is 5.10 Å². The summed E-state index contributed by atoms with van der Waals surface area (Å²) in [6.45, 7) is 3.91. The van der Waals surface area contributed by atoms with Crippen LogP contribution >= 0.6 is 0 Å². The third-order valence-electron chi connectivity index (χ3n) is 3.75. The summed E-state index contributed by atoms with van der Waals surface area (Å²) in [4.78, 5) is 0.227. The molecule has 2 rings (SSSR count). The summed E-state index contributed by atoms with van der Waals surface area (Å²) in [5.41, 5.74) is 5.80. The molecule has 3 N–H and O–H groups in total. The zero-order valence-corrected chi connectivity index (χ0v) is 11.8. The van der Waals surface area contributed by atoms with Gasteiger partial charge in [-0.15, -0.1) is 0 Å². The van der Waals surface area contributed by atoms with Crippen molar-refractivity contribution in [3.63, 3.8) is 0 Å². The third kappa shape index (κ3) is 2.30. The molecule has 1 saturated carbocycles. The van der Waals surface area contributed by atoms with Crippen LogP contribution in [0.2, 0.25) is 0 Å². The van der Waals surface area contributed by atoms with Gasteiger partial charge in [0.25, 0.3) is 0 Å². The highest BCUT2D eigenvalue weighted by Crippen LogP contribution is 2.39. The Balaban J connectivity index is 2.29. The Morgan fingerprint density at radius 2 is 2.22 bits per heavy atom. The lowest BCUT2D eigenvalue weighted by Gasteiger charge is -2.28.